The number of carboxylic acids is 1. The molecule has 1 aliphatic rings. The fourth-order valence-electron chi connectivity index (χ4n) is 1.84. The van der Waals surface area contributed by atoms with Crippen LogP contribution in [-0.2, 0) is 9.59 Å². The molecule has 1 aromatic rings. The van der Waals surface area contributed by atoms with Crippen LogP contribution in [0, 0.1) is 0 Å². The summed E-state index contributed by atoms with van der Waals surface area (Å²) >= 11 is 1.44. The molecular formula is C12H16N2O3S. The van der Waals surface area contributed by atoms with Gasteiger partial charge in [-0.25, -0.2) is 0 Å². The van der Waals surface area contributed by atoms with E-state index in [1.807, 2.05) is 17.5 Å². The number of thiophene rings is 1. The molecule has 1 amide bonds. The first-order valence-corrected chi connectivity index (χ1v) is 6.79. The van der Waals surface area contributed by atoms with Gasteiger partial charge in [-0.1, -0.05) is 6.07 Å². The number of amides is 1. The van der Waals surface area contributed by atoms with Crippen LogP contribution in [0.25, 0.3) is 0 Å². The molecule has 6 heteroatoms. The highest BCUT2D eigenvalue weighted by Gasteiger charge is 2.35. The lowest BCUT2D eigenvalue weighted by atomic mass is 10.2. The van der Waals surface area contributed by atoms with Crippen LogP contribution in [0.1, 0.15) is 30.2 Å². The summed E-state index contributed by atoms with van der Waals surface area (Å²) in [5.74, 6) is -1.06. The number of rotatable bonds is 6. The largest absolute Gasteiger partial charge is 0.481 e. The zero-order valence-electron chi connectivity index (χ0n) is 9.91. The monoisotopic (exact) mass is 268 g/mol. The molecule has 5 nitrogen and oxygen atoms in total. The van der Waals surface area contributed by atoms with E-state index in [-0.39, 0.29) is 24.9 Å². The van der Waals surface area contributed by atoms with Gasteiger partial charge in [-0.15, -0.1) is 11.3 Å². The van der Waals surface area contributed by atoms with Gasteiger partial charge < -0.3 is 15.7 Å². The van der Waals surface area contributed by atoms with Gasteiger partial charge in [-0.3, -0.25) is 9.59 Å². The van der Waals surface area contributed by atoms with Crippen molar-refractivity contribution in [1.82, 2.24) is 4.90 Å². The second kappa shape index (κ2) is 5.49. The van der Waals surface area contributed by atoms with Crippen molar-refractivity contribution < 1.29 is 14.7 Å². The van der Waals surface area contributed by atoms with E-state index in [2.05, 4.69) is 0 Å². The molecule has 1 saturated carbocycles. The molecule has 0 spiro atoms. The summed E-state index contributed by atoms with van der Waals surface area (Å²) in [5, 5.41) is 10.6. The summed E-state index contributed by atoms with van der Waals surface area (Å²) in [6, 6.07) is 3.20. The maximum Gasteiger partial charge on any atom is 0.305 e. The SMILES string of the molecule is NC(C(=O)N(CCC(=O)O)C1CC1)c1cccs1. The fourth-order valence-corrected chi connectivity index (χ4v) is 2.56. The van der Waals surface area contributed by atoms with Crippen molar-refractivity contribution in [3.8, 4) is 0 Å². The minimum atomic E-state index is -0.891. The number of hydrogen-bond acceptors (Lipinski definition) is 4. The highest BCUT2D eigenvalue weighted by Crippen LogP contribution is 2.30. The predicted molar refractivity (Wildman–Crippen MR) is 68.2 cm³/mol. The van der Waals surface area contributed by atoms with E-state index < -0.39 is 12.0 Å². The van der Waals surface area contributed by atoms with Crippen LogP contribution in [0.2, 0.25) is 0 Å². The number of carboxylic acid groups (broad SMARTS) is 1. The van der Waals surface area contributed by atoms with Crippen molar-refractivity contribution in [1.29, 1.82) is 0 Å². The highest BCUT2D eigenvalue weighted by atomic mass is 32.1. The molecule has 0 radical (unpaired) electrons. The van der Waals surface area contributed by atoms with E-state index in [0.29, 0.717) is 0 Å². The third-order valence-electron chi connectivity index (χ3n) is 2.95. The Morgan fingerprint density at radius 2 is 2.28 bits per heavy atom. The normalized spacial score (nSPS) is 16.3. The van der Waals surface area contributed by atoms with E-state index in [1.54, 1.807) is 4.90 Å². The first-order chi connectivity index (χ1) is 8.59. The Bertz CT molecular complexity index is 429. The molecule has 3 N–H and O–H groups in total. The van der Waals surface area contributed by atoms with Gasteiger partial charge >= 0.3 is 5.97 Å². The minimum absolute atomic E-state index is 0.0284. The molecule has 98 valence electrons. The summed E-state index contributed by atoms with van der Waals surface area (Å²) in [6.07, 6.45) is 1.87. The van der Waals surface area contributed by atoms with Gasteiger partial charge in [0.1, 0.15) is 6.04 Å². The molecule has 1 fully saturated rings. The van der Waals surface area contributed by atoms with Crippen molar-refractivity contribution in [3.05, 3.63) is 22.4 Å². The summed E-state index contributed by atoms with van der Waals surface area (Å²) in [5.41, 5.74) is 5.93. The van der Waals surface area contributed by atoms with Crippen molar-refractivity contribution in [2.24, 2.45) is 5.73 Å². The van der Waals surface area contributed by atoms with Crippen LogP contribution in [0.5, 0.6) is 0 Å². The molecule has 18 heavy (non-hydrogen) atoms. The van der Waals surface area contributed by atoms with Crippen molar-refractivity contribution >= 4 is 23.2 Å². The standard InChI is InChI=1S/C12H16N2O3S/c13-11(9-2-1-7-18-9)12(17)14(8-3-4-8)6-5-10(15)16/h1-2,7-8,11H,3-6,13H2,(H,15,16). The first kappa shape index (κ1) is 13.0. The minimum Gasteiger partial charge on any atom is -0.481 e. The van der Waals surface area contributed by atoms with E-state index in [9.17, 15) is 9.59 Å². The molecule has 2 rings (SSSR count). The molecule has 1 heterocycles. The van der Waals surface area contributed by atoms with E-state index in [4.69, 9.17) is 10.8 Å². The van der Waals surface area contributed by atoms with Crippen molar-refractivity contribution in [2.75, 3.05) is 6.54 Å². The molecule has 0 aliphatic heterocycles. The van der Waals surface area contributed by atoms with Crippen molar-refractivity contribution in [3.63, 3.8) is 0 Å². The summed E-state index contributed by atoms with van der Waals surface area (Å²) in [4.78, 5) is 25.3. The molecule has 0 bridgehead atoms. The fraction of sp³-hybridized carbons (Fsp3) is 0.500. The summed E-state index contributed by atoms with van der Waals surface area (Å²) in [7, 11) is 0. The van der Waals surface area contributed by atoms with Crippen LogP contribution in [0.15, 0.2) is 17.5 Å². The Kier molecular flexibility index (Phi) is 3.98. The zero-order chi connectivity index (χ0) is 13.1. The zero-order valence-corrected chi connectivity index (χ0v) is 10.7. The lowest BCUT2D eigenvalue weighted by Crippen LogP contribution is -2.40. The number of hydrogen-bond donors (Lipinski definition) is 2. The smallest absolute Gasteiger partial charge is 0.305 e. The second-order valence-electron chi connectivity index (χ2n) is 4.40. The molecule has 1 atom stereocenters. The van der Waals surface area contributed by atoms with E-state index in [1.165, 1.54) is 11.3 Å². The molecule has 1 aliphatic carbocycles. The van der Waals surface area contributed by atoms with Gasteiger partial charge in [-0.2, -0.15) is 0 Å². The maximum absolute atomic E-state index is 12.3. The Balaban J connectivity index is 2.01. The van der Waals surface area contributed by atoms with Crippen LogP contribution in [0.4, 0.5) is 0 Å². The van der Waals surface area contributed by atoms with Crippen LogP contribution in [-0.4, -0.2) is 34.5 Å². The van der Waals surface area contributed by atoms with Crippen LogP contribution >= 0.6 is 11.3 Å². The number of nitrogens with zero attached hydrogens (tertiary/aromatic N) is 1. The number of nitrogens with two attached hydrogens (primary N) is 1. The van der Waals surface area contributed by atoms with E-state index >= 15 is 0 Å². The van der Waals surface area contributed by atoms with Gasteiger partial charge in [0.25, 0.3) is 0 Å². The number of aliphatic carboxylic acids is 1. The lowest BCUT2D eigenvalue weighted by Gasteiger charge is -2.24. The molecule has 0 saturated heterocycles. The molecule has 0 aromatic carbocycles. The Morgan fingerprint density at radius 3 is 2.78 bits per heavy atom. The average molecular weight is 268 g/mol. The molecule has 1 unspecified atom stereocenters. The molecule has 1 aromatic heterocycles. The maximum atomic E-state index is 12.3. The Hall–Kier alpha value is -1.40. The van der Waals surface area contributed by atoms with Gasteiger partial charge in [0.15, 0.2) is 0 Å². The third-order valence-corrected chi connectivity index (χ3v) is 3.91. The average Bonchev–Trinajstić information content (AvgIpc) is 3.02. The second-order valence-corrected chi connectivity index (χ2v) is 5.38. The topological polar surface area (TPSA) is 83.6 Å². The van der Waals surface area contributed by atoms with Gasteiger partial charge in [-0.05, 0) is 24.3 Å². The Labute approximate surface area is 109 Å². The highest BCUT2D eigenvalue weighted by molar-refractivity contribution is 7.10. The third kappa shape index (κ3) is 3.08. The number of carbonyl (C=O) groups is 2. The quantitative estimate of drug-likeness (QED) is 0.812. The molecular weight excluding hydrogens is 252 g/mol. The van der Waals surface area contributed by atoms with Gasteiger partial charge in [0.05, 0.1) is 6.42 Å². The van der Waals surface area contributed by atoms with Crippen LogP contribution in [0.3, 0.4) is 0 Å². The summed E-state index contributed by atoms with van der Waals surface area (Å²) in [6.45, 7) is 0.248. The first-order valence-electron chi connectivity index (χ1n) is 5.91. The summed E-state index contributed by atoms with van der Waals surface area (Å²) < 4.78 is 0. The van der Waals surface area contributed by atoms with E-state index in [0.717, 1.165) is 17.7 Å². The van der Waals surface area contributed by atoms with Crippen molar-refractivity contribution in [2.45, 2.75) is 31.3 Å². The Morgan fingerprint density at radius 1 is 1.56 bits per heavy atom. The predicted octanol–water partition coefficient (Wildman–Crippen LogP) is 1.21. The van der Waals surface area contributed by atoms with Gasteiger partial charge in [0, 0.05) is 17.5 Å². The number of carbonyl (C=O) groups excluding carboxylic acids is 1. The van der Waals surface area contributed by atoms with Gasteiger partial charge in [0.2, 0.25) is 5.91 Å². The lowest BCUT2D eigenvalue weighted by molar-refractivity contribution is -0.139. The van der Waals surface area contributed by atoms with Crippen LogP contribution < -0.4 is 5.73 Å².